The smallest absolute Gasteiger partial charge is 0.135 e. The van der Waals surface area contributed by atoms with Crippen molar-refractivity contribution in [1.82, 2.24) is 0 Å². The number of ketones is 1. The molecule has 0 atom stereocenters. The van der Waals surface area contributed by atoms with Gasteiger partial charge in [0, 0.05) is 18.9 Å². The van der Waals surface area contributed by atoms with Crippen molar-refractivity contribution in [2.45, 2.75) is 46.5 Å². The maximum absolute atomic E-state index is 11.2. The zero-order chi connectivity index (χ0) is 11.0. The van der Waals surface area contributed by atoms with E-state index in [4.69, 9.17) is 5.73 Å². The second-order valence-electron chi connectivity index (χ2n) is 3.95. The molecule has 0 saturated carbocycles. The third kappa shape index (κ3) is 7.77. The Bertz CT molecular complexity index is 193. The predicted octanol–water partition coefficient (Wildman–Crippen LogP) is 2.15. The fraction of sp³-hybridized carbons (Fsp3) is 0.818. The molecule has 0 radical (unpaired) electrons. The molecule has 0 aromatic carbocycles. The van der Waals surface area contributed by atoms with Crippen molar-refractivity contribution in [3.8, 4) is 0 Å². The molecule has 0 saturated heterocycles. The third-order valence-electron chi connectivity index (χ3n) is 2.09. The number of Topliss-reactive ketones (excluding diaryl/α,β-unsaturated/α-hetero) is 1. The van der Waals surface area contributed by atoms with Gasteiger partial charge in [0.25, 0.3) is 0 Å². The Morgan fingerprint density at radius 3 is 2.43 bits per heavy atom. The topological polar surface area (TPSA) is 55.4 Å². The Balaban J connectivity index is 3.30. The van der Waals surface area contributed by atoms with Crippen molar-refractivity contribution in [3.05, 3.63) is 0 Å². The molecule has 82 valence electrons. The van der Waals surface area contributed by atoms with Crippen LogP contribution in [0, 0.1) is 5.92 Å². The minimum atomic E-state index is 0.180. The lowest BCUT2D eigenvalue weighted by Gasteiger charge is -2.02. The van der Waals surface area contributed by atoms with E-state index in [1.165, 1.54) is 0 Å². The van der Waals surface area contributed by atoms with Gasteiger partial charge < -0.3 is 5.73 Å². The lowest BCUT2D eigenvalue weighted by atomic mass is 10.0. The average molecular weight is 198 g/mol. The second kappa shape index (κ2) is 7.54. The number of hydrogen-bond donors (Lipinski definition) is 1. The van der Waals surface area contributed by atoms with Gasteiger partial charge in [-0.25, -0.2) is 0 Å². The van der Waals surface area contributed by atoms with E-state index in [-0.39, 0.29) is 5.92 Å². The van der Waals surface area contributed by atoms with Gasteiger partial charge in [0.05, 0.1) is 5.84 Å². The van der Waals surface area contributed by atoms with Gasteiger partial charge in [0.2, 0.25) is 0 Å². The molecule has 2 N–H and O–H groups in total. The van der Waals surface area contributed by atoms with Crippen LogP contribution >= 0.6 is 0 Å². The molecule has 0 aromatic rings. The van der Waals surface area contributed by atoms with Crippen molar-refractivity contribution in [2.24, 2.45) is 16.6 Å². The van der Waals surface area contributed by atoms with Crippen molar-refractivity contribution < 1.29 is 4.79 Å². The molecule has 0 spiro atoms. The number of unbranched alkanes of at least 4 members (excludes halogenated alkanes) is 2. The molecular weight excluding hydrogens is 176 g/mol. The SMILES string of the molecule is CC(N)=NCCCCCC(=O)C(C)C. The number of nitrogens with two attached hydrogens (primary N) is 1. The summed E-state index contributed by atoms with van der Waals surface area (Å²) in [6.07, 6.45) is 3.79. The van der Waals surface area contributed by atoms with Gasteiger partial charge in [0.1, 0.15) is 5.78 Å². The van der Waals surface area contributed by atoms with Crippen LogP contribution < -0.4 is 5.73 Å². The van der Waals surface area contributed by atoms with E-state index in [2.05, 4.69) is 4.99 Å². The standard InChI is InChI=1S/C11H22N2O/c1-9(2)11(14)7-5-4-6-8-13-10(3)12/h9H,4-8H2,1-3H3,(H2,12,13). The van der Waals surface area contributed by atoms with Crippen molar-refractivity contribution in [2.75, 3.05) is 6.54 Å². The van der Waals surface area contributed by atoms with E-state index in [0.29, 0.717) is 18.0 Å². The number of rotatable bonds is 7. The molecule has 14 heavy (non-hydrogen) atoms. The number of hydrogen-bond acceptors (Lipinski definition) is 2. The molecule has 0 fully saturated rings. The monoisotopic (exact) mass is 198 g/mol. The Morgan fingerprint density at radius 2 is 1.93 bits per heavy atom. The number of nitrogens with zero attached hydrogens (tertiary/aromatic N) is 1. The zero-order valence-corrected chi connectivity index (χ0v) is 9.55. The maximum atomic E-state index is 11.2. The number of carbonyl (C=O) groups excluding carboxylic acids is 1. The summed E-state index contributed by atoms with van der Waals surface area (Å²) in [7, 11) is 0. The van der Waals surface area contributed by atoms with Gasteiger partial charge >= 0.3 is 0 Å². The van der Waals surface area contributed by atoms with Crippen molar-refractivity contribution >= 4 is 11.6 Å². The van der Waals surface area contributed by atoms with Crippen LogP contribution in [0.5, 0.6) is 0 Å². The first-order valence-corrected chi connectivity index (χ1v) is 5.33. The van der Waals surface area contributed by atoms with Crippen molar-refractivity contribution in [1.29, 1.82) is 0 Å². The largest absolute Gasteiger partial charge is 0.388 e. The molecule has 3 heteroatoms. The number of carbonyl (C=O) groups is 1. The molecule has 0 aliphatic carbocycles. The van der Waals surface area contributed by atoms with Crippen LogP contribution in [0.3, 0.4) is 0 Å². The highest BCUT2D eigenvalue weighted by molar-refractivity contribution is 5.80. The molecule has 0 amide bonds. The normalized spacial score (nSPS) is 12.1. The van der Waals surface area contributed by atoms with Gasteiger partial charge in [0.15, 0.2) is 0 Å². The van der Waals surface area contributed by atoms with E-state index in [1.807, 2.05) is 13.8 Å². The van der Waals surface area contributed by atoms with Crippen LogP contribution in [0.2, 0.25) is 0 Å². The molecule has 0 rings (SSSR count). The Labute approximate surface area is 86.8 Å². The van der Waals surface area contributed by atoms with Crippen LogP contribution in [-0.2, 0) is 4.79 Å². The van der Waals surface area contributed by atoms with Crippen LogP contribution in [0.15, 0.2) is 4.99 Å². The van der Waals surface area contributed by atoms with Gasteiger partial charge in [-0.3, -0.25) is 9.79 Å². The van der Waals surface area contributed by atoms with Crippen LogP contribution in [0.1, 0.15) is 46.5 Å². The Morgan fingerprint density at radius 1 is 1.29 bits per heavy atom. The fourth-order valence-corrected chi connectivity index (χ4v) is 1.13. The van der Waals surface area contributed by atoms with E-state index < -0.39 is 0 Å². The highest BCUT2D eigenvalue weighted by atomic mass is 16.1. The highest BCUT2D eigenvalue weighted by Gasteiger charge is 2.05. The maximum Gasteiger partial charge on any atom is 0.135 e. The summed E-state index contributed by atoms with van der Waals surface area (Å²) in [6.45, 7) is 6.48. The molecular formula is C11H22N2O. The van der Waals surface area contributed by atoms with Gasteiger partial charge in [-0.05, 0) is 19.8 Å². The van der Waals surface area contributed by atoms with Gasteiger partial charge in [-0.1, -0.05) is 20.3 Å². The van der Waals surface area contributed by atoms with Crippen LogP contribution in [0.4, 0.5) is 0 Å². The number of aliphatic imine (C=N–C) groups is 1. The van der Waals surface area contributed by atoms with Gasteiger partial charge in [-0.2, -0.15) is 0 Å². The summed E-state index contributed by atoms with van der Waals surface area (Å²) in [5.41, 5.74) is 5.39. The third-order valence-corrected chi connectivity index (χ3v) is 2.09. The lowest BCUT2D eigenvalue weighted by molar-refractivity contribution is -0.122. The Hall–Kier alpha value is -0.860. The molecule has 0 unspecified atom stereocenters. The lowest BCUT2D eigenvalue weighted by Crippen LogP contribution is -2.07. The fourth-order valence-electron chi connectivity index (χ4n) is 1.13. The van der Waals surface area contributed by atoms with Crippen LogP contribution in [-0.4, -0.2) is 18.2 Å². The first-order valence-electron chi connectivity index (χ1n) is 5.33. The Kier molecular flexibility index (Phi) is 7.07. The summed E-state index contributed by atoms with van der Waals surface area (Å²) in [6, 6.07) is 0. The van der Waals surface area contributed by atoms with E-state index in [1.54, 1.807) is 6.92 Å². The highest BCUT2D eigenvalue weighted by Crippen LogP contribution is 2.05. The molecule has 3 nitrogen and oxygen atoms in total. The molecule has 0 aliphatic rings. The first kappa shape index (κ1) is 13.1. The van der Waals surface area contributed by atoms with E-state index in [0.717, 1.165) is 25.8 Å². The van der Waals surface area contributed by atoms with Crippen molar-refractivity contribution in [3.63, 3.8) is 0 Å². The quantitative estimate of drug-likeness (QED) is 0.387. The zero-order valence-electron chi connectivity index (χ0n) is 9.55. The average Bonchev–Trinajstić information content (AvgIpc) is 2.09. The molecule has 0 aliphatic heterocycles. The summed E-state index contributed by atoms with van der Waals surface area (Å²) in [5.74, 6) is 1.19. The second-order valence-corrected chi connectivity index (χ2v) is 3.95. The summed E-state index contributed by atoms with van der Waals surface area (Å²) < 4.78 is 0. The predicted molar refractivity (Wildman–Crippen MR) is 60.5 cm³/mol. The minimum Gasteiger partial charge on any atom is -0.388 e. The summed E-state index contributed by atoms with van der Waals surface area (Å²) in [4.78, 5) is 15.3. The van der Waals surface area contributed by atoms with E-state index >= 15 is 0 Å². The minimum absolute atomic E-state index is 0.180. The van der Waals surface area contributed by atoms with Gasteiger partial charge in [-0.15, -0.1) is 0 Å². The molecule has 0 aromatic heterocycles. The summed E-state index contributed by atoms with van der Waals surface area (Å²) in [5, 5.41) is 0. The first-order chi connectivity index (χ1) is 6.54. The molecule has 0 bridgehead atoms. The number of amidine groups is 1. The molecule has 0 heterocycles. The summed E-state index contributed by atoms with van der Waals surface area (Å²) >= 11 is 0. The van der Waals surface area contributed by atoms with E-state index in [9.17, 15) is 4.79 Å². The van der Waals surface area contributed by atoms with Crippen LogP contribution in [0.25, 0.3) is 0 Å².